The molecular weight excluding hydrogens is 284 g/mol. The number of rotatable bonds is 7. The van der Waals surface area contributed by atoms with Gasteiger partial charge >= 0.3 is 11.8 Å². The lowest BCUT2D eigenvalue weighted by molar-refractivity contribution is -0.139. The molecule has 0 aromatic heterocycles. The van der Waals surface area contributed by atoms with Gasteiger partial charge in [-0.05, 0) is 31.0 Å². The smallest absolute Gasteiger partial charge is 0.309 e. The third kappa shape index (κ3) is 4.95. The van der Waals surface area contributed by atoms with Crippen molar-refractivity contribution in [2.75, 3.05) is 20.8 Å². The predicted molar refractivity (Wildman–Crippen MR) is 84.0 cm³/mol. The molecule has 6 nitrogen and oxygen atoms in total. The molecule has 0 fully saturated rings. The van der Waals surface area contributed by atoms with Gasteiger partial charge in [0.15, 0.2) is 11.5 Å². The van der Waals surface area contributed by atoms with Gasteiger partial charge in [-0.25, -0.2) is 0 Å². The van der Waals surface area contributed by atoms with E-state index in [1.165, 1.54) is 0 Å². The van der Waals surface area contributed by atoms with E-state index in [4.69, 9.17) is 9.47 Å². The molecule has 0 spiro atoms. The lowest BCUT2D eigenvalue weighted by atomic mass is 10.1. The SMILES string of the molecule is CCCCNC(=O)C(=O)NC(C)c1ccc(OC)c(OC)c1. The van der Waals surface area contributed by atoms with Crippen molar-refractivity contribution >= 4 is 11.8 Å². The average molecular weight is 308 g/mol. The van der Waals surface area contributed by atoms with Gasteiger partial charge in [-0.1, -0.05) is 19.4 Å². The lowest BCUT2D eigenvalue weighted by Crippen LogP contribution is -2.41. The van der Waals surface area contributed by atoms with Gasteiger partial charge < -0.3 is 20.1 Å². The van der Waals surface area contributed by atoms with Gasteiger partial charge in [0.25, 0.3) is 0 Å². The second-order valence-corrected chi connectivity index (χ2v) is 4.92. The highest BCUT2D eigenvalue weighted by Crippen LogP contribution is 2.29. The number of benzene rings is 1. The molecule has 0 saturated carbocycles. The third-order valence-electron chi connectivity index (χ3n) is 3.28. The summed E-state index contributed by atoms with van der Waals surface area (Å²) >= 11 is 0. The predicted octanol–water partition coefficient (Wildman–Crippen LogP) is 1.80. The molecule has 0 heterocycles. The van der Waals surface area contributed by atoms with E-state index in [0.29, 0.717) is 18.0 Å². The van der Waals surface area contributed by atoms with Crippen LogP contribution in [0.4, 0.5) is 0 Å². The van der Waals surface area contributed by atoms with E-state index in [2.05, 4.69) is 10.6 Å². The van der Waals surface area contributed by atoms with Crippen LogP contribution in [-0.2, 0) is 9.59 Å². The number of carbonyl (C=O) groups excluding carboxylic acids is 2. The molecule has 0 saturated heterocycles. The number of unbranched alkanes of at least 4 members (excludes halogenated alkanes) is 1. The maximum Gasteiger partial charge on any atom is 0.309 e. The Morgan fingerprint density at radius 1 is 1.14 bits per heavy atom. The zero-order valence-electron chi connectivity index (χ0n) is 13.6. The van der Waals surface area contributed by atoms with Crippen LogP contribution in [0.15, 0.2) is 18.2 Å². The molecule has 122 valence electrons. The Bertz CT molecular complexity index is 517. The first-order valence-corrected chi connectivity index (χ1v) is 7.34. The van der Waals surface area contributed by atoms with Gasteiger partial charge in [-0.15, -0.1) is 0 Å². The first-order chi connectivity index (χ1) is 10.5. The van der Waals surface area contributed by atoms with Crippen LogP contribution in [0.25, 0.3) is 0 Å². The second kappa shape index (κ2) is 8.92. The van der Waals surface area contributed by atoms with Crippen molar-refractivity contribution in [1.29, 1.82) is 0 Å². The monoisotopic (exact) mass is 308 g/mol. The fraction of sp³-hybridized carbons (Fsp3) is 0.500. The Labute approximate surface area is 131 Å². The van der Waals surface area contributed by atoms with Gasteiger partial charge in [0.2, 0.25) is 0 Å². The maximum absolute atomic E-state index is 11.8. The molecule has 0 aliphatic rings. The van der Waals surface area contributed by atoms with Crippen molar-refractivity contribution in [3.05, 3.63) is 23.8 Å². The molecule has 2 amide bonds. The number of nitrogens with one attached hydrogen (secondary N) is 2. The molecule has 0 bridgehead atoms. The Hall–Kier alpha value is -2.24. The maximum atomic E-state index is 11.8. The summed E-state index contributed by atoms with van der Waals surface area (Å²) in [5.41, 5.74) is 0.826. The summed E-state index contributed by atoms with van der Waals surface area (Å²) in [6.45, 7) is 4.33. The Morgan fingerprint density at radius 3 is 2.41 bits per heavy atom. The van der Waals surface area contributed by atoms with Gasteiger partial charge in [-0.3, -0.25) is 9.59 Å². The lowest BCUT2D eigenvalue weighted by Gasteiger charge is -2.16. The van der Waals surface area contributed by atoms with Crippen LogP contribution in [0.1, 0.15) is 38.3 Å². The summed E-state index contributed by atoms with van der Waals surface area (Å²) in [4.78, 5) is 23.5. The van der Waals surface area contributed by atoms with Crippen molar-refractivity contribution in [1.82, 2.24) is 10.6 Å². The molecular formula is C16H24N2O4. The minimum absolute atomic E-state index is 0.316. The molecule has 0 radical (unpaired) electrons. The van der Waals surface area contributed by atoms with E-state index in [1.54, 1.807) is 33.3 Å². The van der Waals surface area contributed by atoms with E-state index in [0.717, 1.165) is 18.4 Å². The number of hydrogen-bond acceptors (Lipinski definition) is 4. The summed E-state index contributed by atoms with van der Waals surface area (Å²) in [6, 6.07) is 5.04. The zero-order valence-corrected chi connectivity index (χ0v) is 13.6. The topological polar surface area (TPSA) is 76.7 Å². The van der Waals surface area contributed by atoms with Crippen LogP contribution in [0.2, 0.25) is 0 Å². The molecule has 22 heavy (non-hydrogen) atoms. The Kier molecular flexibility index (Phi) is 7.22. The van der Waals surface area contributed by atoms with E-state index in [1.807, 2.05) is 13.0 Å². The van der Waals surface area contributed by atoms with Crippen molar-refractivity contribution < 1.29 is 19.1 Å². The fourth-order valence-electron chi connectivity index (χ4n) is 1.93. The molecule has 1 aromatic rings. The summed E-state index contributed by atoms with van der Waals surface area (Å²) < 4.78 is 10.4. The largest absolute Gasteiger partial charge is 0.493 e. The number of hydrogen-bond donors (Lipinski definition) is 2. The summed E-state index contributed by atoms with van der Waals surface area (Å²) in [7, 11) is 3.11. The van der Waals surface area contributed by atoms with Crippen LogP contribution >= 0.6 is 0 Å². The molecule has 0 aliphatic carbocycles. The van der Waals surface area contributed by atoms with Crippen LogP contribution in [0, 0.1) is 0 Å². The first kappa shape index (κ1) is 17.8. The molecule has 1 aromatic carbocycles. The third-order valence-corrected chi connectivity index (χ3v) is 3.28. The van der Waals surface area contributed by atoms with E-state index >= 15 is 0 Å². The average Bonchev–Trinajstić information content (AvgIpc) is 2.53. The second-order valence-electron chi connectivity index (χ2n) is 4.92. The fourth-order valence-corrected chi connectivity index (χ4v) is 1.93. The van der Waals surface area contributed by atoms with Gasteiger partial charge in [-0.2, -0.15) is 0 Å². The van der Waals surface area contributed by atoms with Crippen LogP contribution in [0.5, 0.6) is 11.5 Å². The molecule has 1 unspecified atom stereocenters. The number of carbonyl (C=O) groups is 2. The quantitative estimate of drug-likeness (QED) is 0.595. The number of methoxy groups -OCH3 is 2. The number of amides is 2. The standard InChI is InChI=1S/C16H24N2O4/c1-5-6-9-17-15(19)16(20)18-11(2)12-7-8-13(21-3)14(10-12)22-4/h7-8,10-11H,5-6,9H2,1-4H3,(H,17,19)(H,18,20). The van der Waals surface area contributed by atoms with Crippen molar-refractivity contribution in [3.8, 4) is 11.5 Å². The Balaban J connectivity index is 2.66. The van der Waals surface area contributed by atoms with Crippen LogP contribution in [0.3, 0.4) is 0 Å². The summed E-state index contributed by atoms with van der Waals surface area (Å²) in [6.07, 6.45) is 1.81. The van der Waals surface area contributed by atoms with Gasteiger partial charge in [0.05, 0.1) is 20.3 Å². The highest BCUT2D eigenvalue weighted by Gasteiger charge is 2.17. The van der Waals surface area contributed by atoms with Crippen LogP contribution < -0.4 is 20.1 Å². The van der Waals surface area contributed by atoms with Gasteiger partial charge in [0.1, 0.15) is 0 Å². The van der Waals surface area contributed by atoms with E-state index in [-0.39, 0.29) is 6.04 Å². The molecule has 1 rings (SSSR count). The van der Waals surface area contributed by atoms with E-state index < -0.39 is 11.8 Å². The molecule has 2 N–H and O–H groups in total. The Morgan fingerprint density at radius 2 is 1.82 bits per heavy atom. The van der Waals surface area contributed by atoms with Crippen molar-refractivity contribution in [2.45, 2.75) is 32.7 Å². The molecule has 6 heteroatoms. The van der Waals surface area contributed by atoms with Crippen molar-refractivity contribution in [2.24, 2.45) is 0 Å². The summed E-state index contributed by atoms with van der Waals surface area (Å²) in [5.74, 6) is -0.0604. The minimum Gasteiger partial charge on any atom is -0.493 e. The minimum atomic E-state index is -0.640. The molecule has 1 atom stereocenters. The van der Waals surface area contributed by atoms with Crippen molar-refractivity contribution in [3.63, 3.8) is 0 Å². The summed E-state index contributed by atoms with van der Waals surface area (Å²) in [5, 5.41) is 5.25. The van der Waals surface area contributed by atoms with E-state index in [9.17, 15) is 9.59 Å². The number of ether oxygens (including phenoxy) is 2. The normalized spacial score (nSPS) is 11.5. The highest BCUT2D eigenvalue weighted by atomic mass is 16.5. The molecule has 0 aliphatic heterocycles. The highest BCUT2D eigenvalue weighted by molar-refractivity contribution is 6.35. The first-order valence-electron chi connectivity index (χ1n) is 7.34. The van der Waals surface area contributed by atoms with Crippen LogP contribution in [-0.4, -0.2) is 32.6 Å². The zero-order chi connectivity index (χ0) is 16.5. The van der Waals surface area contributed by atoms with Gasteiger partial charge in [0, 0.05) is 6.54 Å².